The number of benzene rings is 1. The molecule has 1 amide bonds. The van der Waals surface area contributed by atoms with Gasteiger partial charge in [0.1, 0.15) is 6.33 Å². The molecule has 0 radical (unpaired) electrons. The normalized spacial score (nSPS) is 26.3. The van der Waals surface area contributed by atoms with Crippen molar-refractivity contribution in [1.82, 2.24) is 25.1 Å². The molecule has 1 saturated carbocycles. The molecule has 1 aromatic carbocycles. The van der Waals surface area contributed by atoms with Crippen molar-refractivity contribution in [1.29, 1.82) is 0 Å². The van der Waals surface area contributed by atoms with Crippen LogP contribution in [0.5, 0.6) is 0 Å². The second-order valence-corrected chi connectivity index (χ2v) is 7.88. The van der Waals surface area contributed by atoms with Gasteiger partial charge in [0.25, 0.3) is 5.91 Å². The monoisotopic (exact) mass is 405 g/mol. The van der Waals surface area contributed by atoms with Crippen LogP contribution in [0.1, 0.15) is 42.5 Å². The highest BCUT2D eigenvalue weighted by atomic mass is 79.9. The third-order valence-electron chi connectivity index (χ3n) is 5.50. The number of hydrogen-bond acceptors (Lipinski definition) is 5. The topological polar surface area (TPSA) is 84.1 Å². The average molecular weight is 406 g/mol. The molecule has 0 bridgehead atoms. The quantitative estimate of drug-likeness (QED) is 0.827. The highest BCUT2D eigenvalue weighted by molar-refractivity contribution is 9.10. The number of aromatic nitrogens is 4. The first-order chi connectivity index (χ1) is 12.1. The lowest BCUT2D eigenvalue weighted by molar-refractivity contribution is -0.0886. The molecule has 1 aromatic heterocycles. The first-order valence-corrected chi connectivity index (χ1v) is 9.41. The van der Waals surface area contributed by atoms with E-state index in [1.54, 1.807) is 6.07 Å². The molecule has 8 heteroatoms. The van der Waals surface area contributed by atoms with Gasteiger partial charge in [0.05, 0.1) is 16.9 Å². The zero-order chi connectivity index (χ0) is 17.4. The molecule has 4 rings (SSSR count). The van der Waals surface area contributed by atoms with Crippen LogP contribution in [0.3, 0.4) is 0 Å². The van der Waals surface area contributed by atoms with E-state index in [2.05, 4.69) is 31.5 Å². The Morgan fingerprint density at radius 1 is 1.32 bits per heavy atom. The van der Waals surface area contributed by atoms with E-state index < -0.39 is 5.60 Å². The Morgan fingerprint density at radius 3 is 3.00 bits per heavy atom. The van der Waals surface area contributed by atoms with E-state index in [1.165, 1.54) is 11.0 Å². The predicted molar refractivity (Wildman–Crippen MR) is 94.3 cm³/mol. The Hall–Kier alpha value is -1.80. The number of aliphatic hydroxyl groups is 1. The summed E-state index contributed by atoms with van der Waals surface area (Å²) in [4.78, 5) is 15.0. The molecule has 1 aliphatic carbocycles. The van der Waals surface area contributed by atoms with E-state index in [0.717, 1.165) is 30.2 Å². The summed E-state index contributed by atoms with van der Waals surface area (Å²) in [6, 6.07) is 5.50. The maximum atomic E-state index is 13.2. The summed E-state index contributed by atoms with van der Waals surface area (Å²) < 4.78 is 2.33. The van der Waals surface area contributed by atoms with Gasteiger partial charge in [-0.15, -0.1) is 5.10 Å². The van der Waals surface area contributed by atoms with Crippen LogP contribution in [0.25, 0.3) is 5.69 Å². The Kier molecular flexibility index (Phi) is 4.33. The molecule has 2 aromatic rings. The number of amides is 1. The highest BCUT2D eigenvalue weighted by Gasteiger charge is 2.44. The van der Waals surface area contributed by atoms with Crippen molar-refractivity contribution in [2.45, 2.75) is 37.7 Å². The molecule has 1 N–H and O–H groups in total. The van der Waals surface area contributed by atoms with Gasteiger partial charge in [-0.25, -0.2) is 0 Å². The minimum absolute atomic E-state index is 0.0422. The van der Waals surface area contributed by atoms with Crippen molar-refractivity contribution < 1.29 is 9.90 Å². The number of halogens is 1. The van der Waals surface area contributed by atoms with Gasteiger partial charge in [-0.05, 0) is 47.9 Å². The van der Waals surface area contributed by atoms with Crippen molar-refractivity contribution in [3.63, 3.8) is 0 Å². The van der Waals surface area contributed by atoms with Crippen LogP contribution >= 0.6 is 15.9 Å². The largest absolute Gasteiger partial charge is 0.389 e. The zero-order valence-electron chi connectivity index (χ0n) is 13.8. The van der Waals surface area contributed by atoms with E-state index >= 15 is 0 Å². The molecule has 0 unspecified atom stereocenters. The van der Waals surface area contributed by atoms with Gasteiger partial charge in [-0.2, -0.15) is 4.68 Å². The SMILES string of the molecule is O=C(c1cc(Br)ccc1-n1cnnn1)N1CC[C@@]2(O)CCCC[C@@H]2C1. The number of carbonyl (C=O) groups is 1. The van der Waals surface area contributed by atoms with E-state index in [4.69, 9.17) is 0 Å². The summed E-state index contributed by atoms with van der Waals surface area (Å²) in [5.74, 6) is 0.127. The van der Waals surface area contributed by atoms with Crippen LogP contribution in [0, 0.1) is 5.92 Å². The first-order valence-electron chi connectivity index (χ1n) is 8.61. The van der Waals surface area contributed by atoms with E-state index in [9.17, 15) is 9.90 Å². The predicted octanol–water partition coefficient (Wildman–Crippen LogP) is 2.19. The molecule has 25 heavy (non-hydrogen) atoms. The zero-order valence-corrected chi connectivity index (χ0v) is 15.4. The molecule has 2 heterocycles. The summed E-state index contributed by atoms with van der Waals surface area (Å²) in [5, 5.41) is 22.1. The molecular formula is C17H20BrN5O2. The van der Waals surface area contributed by atoms with Crippen LogP contribution in [0.15, 0.2) is 29.0 Å². The number of tetrazole rings is 1. The summed E-state index contributed by atoms with van der Waals surface area (Å²) in [5.41, 5.74) is 0.621. The molecule has 2 atom stereocenters. The Labute approximate surface area is 154 Å². The summed E-state index contributed by atoms with van der Waals surface area (Å²) in [6.45, 7) is 1.18. The first kappa shape index (κ1) is 16.7. The standard InChI is InChI=1S/C17H20BrN5O2/c18-13-4-5-15(23-11-19-20-21-23)14(9-13)16(24)22-8-7-17(25)6-2-1-3-12(17)10-22/h4-5,9,11-12,25H,1-3,6-8,10H2/t12-,17+/m1/s1. The number of piperidine rings is 1. The maximum absolute atomic E-state index is 13.2. The fourth-order valence-corrected chi connectivity index (χ4v) is 4.44. The fraction of sp³-hybridized carbons (Fsp3) is 0.529. The van der Waals surface area contributed by atoms with Crippen LogP contribution in [-0.2, 0) is 0 Å². The number of fused-ring (bicyclic) bond motifs is 1. The van der Waals surface area contributed by atoms with Crippen molar-refractivity contribution >= 4 is 21.8 Å². The maximum Gasteiger partial charge on any atom is 0.256 e. The minimum Gasteiger partial charge on any atom is -0.389 e. The molecule has 7 nitrogen and oxygen atoms in total. The Morgan fingerprint density at radius 2 is 2.20 bits per heavy atom. The van der Waals surface area contributed by atoms with E-state index in [1.807, 2.05) is 17.0 Å². The molecule has 1 aliphatic heterocycles. The van der Waals surface area contributed by atoms with Crippen LogP contribution in [-0.4, -0.2) is 54.8 Å². The molecule has 1 saturated heterocycles. The van der Waals surface area contributed by atoms with Gasteiger partial charge in [-0.3, -0.25) is 4.79 Å². The Balaban J connectivity index is 1.62. The molecule has 2 aliphatic rings. The van der Waals surface area contributed by atoms with Gasteiger partial charge in [0.15, 0.2) is 0 Å². The lowest BCUT2D eigenvalue weighted by Crippen LogP contribution is -2.54. The summed E-state index contributed by atoms with van der Waals surface area (Å²) in [7, 11) is 0. The Bertz CT molecular complexity index is 781. The lowest BCUT2D eigenvalue weighted by Gasteiger charge is -2.47. The van der Waals surface area contributed by atoms with Gasteiger partial charge in [0.2, 0.25) is 0 Å². The lowest BCUT2D eigenvalue weighted by atomic mass is 9.71. The van der Waals surface area contributed by atoms with Crippen LogP contribution in [0.2, 0.25) is 0 Å². The number of carbonyl (C=O) groups excluding carboxylic acids is 1. The highest BCUT2D eigenvalue weighted by Crippen LogP contribution is 2.40. The van der Waals surface area contributed by atoms with Crippen LogP contribution in [0.4, 0.5) is 0 Å². The third-order valence-corrected chi connectivity index (χ3v) is 5.99. The number of nitrogens with zero attached hydrogens (tertiary/aromatic N) is 5. The van der Waals surface area contributed by atoms with Gasteiger partial charge < -0.3 is 10.0 Å². The van der Waals surface area contributed by atoms with E-state index in [0.29, 0.717) is 30.8 Å². The van der Waals surface area contributed by atoms with Gasteiger partial charge in [-0.1, -0.05) is 28.8 Å². The minimum atomic E-state index is -0.592. The third kappa shape index (κ3) is 3.08. The molecule has 0 spiro atoms. The summed E-state index contributed by atoms with van der Waals surface area (Å²) in [6.07, 6.45) is 6.18. The smallest absolute Gasteiger partial charge is 0.256 e. The fourth-order valence-electron chi connectivity index (χ4n) is 4.08. The van der Waals surface area contributed by atoms with Crippen molar-refractivity contribution in [2.75, 3.05) is 13.1 Å². The van der Waals surface area contributed by atoms with Crippen LogP contribution < -0.4 is 0 Å². The number of rotatable bonds is 2. The number of hydrogen-bond donors (Lipinski definition) is 1. The number of likely N-dealkylation sites (tertiary alicyclic amines) is 1. The second kappa shape index (κ2) is 6.49. The molecule has 132 valence electrons. The van der Waals surface area contributed by atoms with E-state index in [-0.39, 0.29) is 11.8 Å². The van der Waals surface area contributed by atoms with Crippen molar-refractivity contribution in [2.24, 2.45) is 5.92 Å². The summed E-state index contributed by atoms with van der Waals surface area (Å²) >= 11 is 3.44. The van der Waals surface area contributed by atoms with Gasteiger partial charge >= 0.3 is 0 Å². The second-order valence-electron chi connectivity index (χ2n) is 6.96. The van der Waals surface area contributed by atoms with Gasteiger partial charge in [0, 0.05) is 23.5 Å². The van der Waals surface area contributed by atoms with Crippen molar-refractivity contribution in [3.8, 4) is 5.69 Å². The van der Waals surface area contributed by atoms with Crippen molar-refractivity contribution in [3.05, 3.63) is 34.6 Å². The molecular weight excluding hydrogens is 386 g/mol. The molecule has 2 fully saturated rings. The average Bonchev–Trinajstić information content (AvgIpc) is 3.14.